The van der Waals surface area contributed by atoms with Gasteiger partial charge in [0, 0.05) is 13.0 Å². The molecule has 21 heavy (non-hydrogen) atoms. The summed E-state index contributed by atoms with van der Waals surface area (Å²) in [5.41, 5.74) is 0.852. The Morgan fingerprint density at radius 1 is 1.29 bits per heavy atom. The predicted molar refractivity (Wildman–Crippen MR) is 86.0 cm³/mol. The quantitative estimate of drug-likeness (QED) is 0.561. The van der Waals surface area contributed by atoms with Gasteiger partial charge in [-0.3, -0.25) is 4.79 Å². The van der Waals surface area contributed by atoms with Crippen molar-refractivity contribution in [2.24, 2.45) is 11.8 Å². The molecule has 0 aromatic heterocycles. The van der Waals surface area contributed by atoms with Crippen LogP contribution in [0.1, 0.15) is 53.9 Å². The van der Waals surface area contributed by atoms with Gasteiger partial charge in [-0.2, -0.15) is 0 Å². The van der Waals surface area contributed by atoms with Crippen molar-refractivity contribution in [3.05, 3.63) is 23.8 Å². The van der Waals surface area contributed by atoms with E-state index >= 15 is 0 Å². The van der Waals surface area contributed by atoms with E-state index in [4.69, 9.17) is 9.47 Å². The first-order valence-electron chi connectivity index (χ1n) is 8.09. The molecule has 0 saturated heterocycles. The third kappa shape index (κ3) is 6.58. The first kappa shape index (κ1) is 18.1. The molecule has 1 rings (SSSR count). The van der Waals surface area contributed by atoms with Gasteiger partial charge in [-0.25, -0.2) is 0 Å². The van der Waals surface area contributed by atoms with Crippen LogP contribution in [0, 0.1) is 11.8 Å². The summed E-state index contributed by atoms with van der Waals surface area (Å²) >= 11 is 0. The van der Waals surface area contributed by atoms with E-state index in [1.165, 1.54) is 0 Å². The minimum absolute atomic E-state index is 0.0337. The number of ketones is 1. The number of Topliss-reactive ketones (excluding diaryl/α,β-unsaturated/α-hetero) is 1. The molecule has 0 radical (unpaired) electrons. The lowest BCUT2D eigenvalue weighted by Gasteiger charge is -2.22. The first-order chi connectivity index (χ1) is 9.93. The lowest BCUT2D eigenvalue weighted by Crippen LogP contribution is -2.21. The second-order valence-electron chi connectivity index (χ2n) is 6.07. The summed E-state index contributed by atoms with van der Waals surface area (Å²) in [6, 6.07) is 0. The Morgan fingerprint density at radius 2 is 2.00 bits per heavy atom. The summed E-state index contributed by atoms with van der Waals surface area (Å²) in [7, 11) is 0. The standard InChI is InChI=1S/C18H30O3/c1-6-20-15(5)21-17-10-7-14(4)18(19)12-9-16(8-11-17)13(2)3/h7-8,11,13,15-17H,6,9-10,12H2,1-5H3/b11-8-,14-7-. The van der Waals surface area contributed by atoms with Crippen molar-refractivity contribution in [1.82, 2.24) is 0 Å². The van der Waals surface area contributed by atoms with Crippen LogP contribution in [-0.2, 0) is 14.3 Å². The van der Waals surface area contributed by atoms with E-state index in [9.17, 15) is 4.79 Å². The van der Waals surface area contributed by atoms with E-state index in [-0.39, 0.29) is 18.2 Å². The summed E-state index contributed by atoms with van der Waals surface area (Å²) in [4.78, 5) is 12.1. The predicted octanol–water partition coefficient (Wildman–Crippen LogP) is 4.28. The normalized spacial score (nSPS) is 29.8. The molecule has 120 valence electrons. The Balaban J connectivity index is 2.83. The molecule has 1 aliphatic rings. The van der Waals surface area contributed by atoms with E-state index in [0.29, 0.717) is 24.9 Å². The molecule has 1 aliphatic carbocycles. The number of hydrogen-bond acceptors (Lipinski definition) is 3. The zero-order valence-electron chi connectivity index (χ0n) is 14.1. The fraction of sp³-hybridized carbons (Fsp3) is 0.722. The Bertz CT molecular complexity index is 382. The molecule has 0 amide bonds. The van der Waals surface area contributed by atoms with Gasteiger partial charge in [0.15, 0.2) is 12.1 Å². The molecule has 0 fully saturated rings. The average Bonchev–Trinajstić information content (AvgIpc) is 2.42. The van der Waals surface area contributed by atoms with Gasteiger partial charge in [0.2, 0.25) is 0 Å². The van der Waals surface area contributed by atoms with Crippen LogP contribution in [0.4, 0.5) is 0 Å². The van der Waals surface area contributed by atoms with Gasteiger partial charge >= 0.3 is 0 Å². The smallest absolute Gasteiger partial charge is 0.158 e. The van der Waals surface area contributed by atoms with Crippen LogP contribution < -0.4 is 0 Å². The summed E-state index contributed by atoms with van der Waals surface area (Å²) in [6.45, 7) is 10.8. The molecule has 0 spiro atoms. The van der Waals surface area contributed by atoms with Crippen LogP contribution >= 0.6 is 0 Å². The van der Waals surface area contributed by atoms with Crippen LogP contribution in [0.5, 0.6) is 0 Å². The average molecular weight is 294 g/mol. The second kappa shape index (κ2) is 9.16. The van der Waals surface area contributed by atoms with Crippen LogP contribution in [0.2, 0.25) is 0 Å². The molecule has 3 nitrogen and oxygen atoms in total. The second-order valence-corrected chi connectivity index (χ2v) is 6.07. The molecule has 0 heterocycles. The van der Waals surface area contributed by atoms with Crippen molar-refractivity contribution >= 4 is 5.78 Å². The molecule has 3 atom stereocenters. The summed E-state index contributed by atoms with van der Waals surface area (Å²) < 4.78 is 11.4. The molecule has 3 heteroatoms. The third-order valence-corrected chi connectivity index (χ3v) is 4.00. The fourth-order valence-corrected chi connectivity index (χ4v) is 2.52. The van der Waals surface area contributed by atoms with Crippen LogP contribution in [0.3, 0.4) is 0 Å². The van der Waals surface area contributed by atoms with Gasteiger partial charge in [0.25, 0.3) is 0 Å². The topological polar surface area (TPSA) is 35.5 Å². The minimum Gasteiger partial charge on any atom is -0.353 e. The highest BCUT2D eigenvalue weighted by molar-refractivity contribution is 5.94. The molecule has 0 aliphatic heterocycles. The highest BCUT2D eigenvalue weighted by Gasteiger charge is 2.17. The summed E-state index contributed by atoms with van der Waals surface area (Å²) in [6.07, 6.45) is 8.35. The molecule has 0 aromatic rings. The van der Waals surface area contributed by atoms with Gasteiger partial charge in [-0.1, -0.05) is 32.1 Å². The molecule has 0 saturated carbocycles. The Labute approximate surface area is 129 Å². The number of carbonyl (C=O) groups is 1. The van der Waals surface area contributed by atoms with Gasteiger partial charge in [-0.15, -0.1) is 0 Å². The third-order valence-electron chi connectivity index (χ3n) is 4.00. The maximum atomic E-state index is 12.1. The molecule has 0 N–H and O–H groups in total. The zero-order chi connectivity index (χ0) is 15.8. The molecule has 3 unspecified atom stereocenters. The van der Waals surface area contributed by atoms with Crippen LogP contribution in [0.25, 0.3) is 0 Å². The van der Waals surface area contributed by atoms with Crippen molar-refractivity contribution in [3.63, 3.8) is 0 Å². The van der Waals surface area contributed by atoms with Crippen LogP contribution in [-0.4, -0.2) is 24.8 Å². The Hall–Kier alpha value is -0.930. The number of ether oxygens (including phenoxy) is 2. The van der Waals surface area contributed by atoms with Crippen molar-refractivity contribution in [3.8, 4) is 0 Å². The number of allylic oxidation sites excluding steroid dienone is 2. The molecule has 0 aromatic carbocycles. The maximum absolute atomic E-state index is 12.1. The van der Waals surface area contributed by atoms with E-state index in [0.717, 1.165) is 18.4 Å². The first-order valence-corrected chi connectivity index (χ1v) is 8.09. The summed E-state index contributed by atoms with van der Waals surface area (Å²) in [5.74, 6) is 1.21. The lowest BCUT2D eigenvalue weighted by atomic mass is 9.88. The SMILES string of the molecule is CCOC(C)OC1/C=C\C(C(C)C)CCC(=O)/C(C)=C\C1. The number of rotatable bonds is 5. The number of hydrogen-bond donors (Lipinski definition) is 0. The van der Waals surface area contributed by atoms with E-state index in [2.05, 4.69) is 26.0 Å². The maximum Gasteiger partial charge on any atom is 0.158 e. The molecule has 0 bridgehead atoms. The minimum atomic E-state index is -0.227. The largest absolute Gasteiger partial charge is 0.353 e. The van der Waals surface area contributed by atoms with Gasteiger partial charge in [0.1, 0.15) is 0 Å². The fourth-order valence-electron chi connectivity index (χ4n) is 2.52. The highest BCUT2D eigenvalue weighted by atomic mass is 16.7. The van der Waals surface area contributed by atoms with E-state index < -0.39 is 0 Å². The van der Waals surface area contributed by atoms with Crippen molar-refractivity contribution in [2.45, 2.75) is 66.3 Å². The van der Waals surface area contributed by atoms with Crippen molar-refractivity contribution < 1.29 is 14.3 Å². The Kier molecular flexibility index (Phi) is 7.91. The van der Waals surface area contributed by atoms with Crippen molar-refractivity contribution in [2.75, 3.05) is 6.61 Å². The van der Waals surface area contributed by atoms with Gasteiger partial charge in [-0.05, 0) is 51.0 Å². The monoisotopic (exact) mass is 294 g/mol. The van der Waals surface area contributed by atoms with Crippen LogP contribution in [0.15, 0.2) is 23.8 Å². The Morgan fingerprint density at radius 3 is 2.62 bits per heavy atom. The zero-order valence-corrected chi connectivity index (χ0v) is 14.1. The van der Waals surface area contributed by atoms with Gasteiger partial charge in [0.05, 0.1) is 6.10 Å². The van der Waals surface area contributed by atoms with Crippen molar-refractivity contribution in [1.29, 1.82) is 0 Å². The van der Waals surface area contributed by atoms with E-state index in [1.807, 2.05) is 26.8 Å². The molecular weight excluding hydrogens is 264 g/mol. The lowest BCUT2D eigenvalue weighted by molar-refractivity contribution is -0.144. The van der Waals surface area contributed by atoms with E-state index in [1.54, 1.807) is 0 Å². The molecular formula is C18H30O3. The highest BCUT2D eigenvalue weighted by Crippen LogP contribution is 2.23. The summed E-state index contributed by atoms with van der Waals surface area (Å²) in [5, 5.41) is 0. The number of carbonyl (C=O) groups excluding carboxylic acids is 1. The van der Waals surface area contributed by atoms with Gasteiger partial charge < -0.3 is 9.47 Å².